The van der Waals surface area contributed by atoms with Gasteiger partial charge in [-0.05, 0) is 30.4 Å². The van der Waals surface area contributed by atoms with E-state index in [-0.39, 0.29) is 29.6 Å². The van der Waals surface area contributed by atoms with Crippen molar-refractivity contribution in [3.63, 3.8) is 0 Å². The summed E-state index contributed by atoms with van der Waals surface area (Å²) in [4.78, 5) is 52.2. The maximum atomic E-state index is 13.4. The molecule has 0 spiro atoms. The van der Waals surface area contributed by atoms with Gasteiger partial charge in [0.05, 0.1) is 17.7 Å². The summed E-state index contributed by atoms with van der Waals surface area (Å²) < 4.78 is 5.33. The summed E-state index contributed by atoms with van der Waals surface area (Å²) in [5, 5.41) is 0. The van der Waals surface area contributed by atoms with E-state index in [0.29, 0.717) is 11.3 Å². The first-order valence-corrected chi connectivity index (χ1v) is 8.37. The molecular weight excluding hydrogens is 322 g/mol. The summed E-state index contributed by atoms with van der Waals surface area (Å²) in [5.41, 5.74) is -2.20. The number of ether oxygens (including phenoxy) is 1. The van der Waals surface area contributed by atoms with Gasteiger partial charge in [-0.3, -0.25) is 19.2 Å². The fourth-order valence-electron chi connectivity index (χ4n) is 4.59. The maximum absolute atomic E-state index is 13.4. The van der Waals surface area contributed by atoms with Gasteiger partial charge in [-0.2, -0.15) is 0 Å². The second kappa shape index (κ2) is 4.56. The van der Waals surface area contributed by atoms with Crippen LogP contribution in [0.5, 0.6) is 0 Å². The highest BCUT2D eigenvalue weighted by atomic mass is 16.5. The van der Waals surface area contributed by atoms with Crippen LogP contribution in [0.3, 0.4) is 0 Å². The lowest BCUT2D eigenvalue weighted by atomic mass is 9.57. The lowest BCUT2D eigenvalue weighted by Gasteiger charge is -2.50. The van der Waals surface area contributed by atoms with Crippen LogP contribution in [0, 0.1) is 16.2 Å². The summed E-state index contributed by atoms with van der Waals surface area (Å²) in [6.07, 6.45) is 0.905. The van der Waals surface area contributed by atoms with Crippen LogP contribution >= 0.6 is 0 Å². The van der Waals surface area contributed by atoms with Crippen LogP contribution in [0.4, 0.5) is 0 Å². The van der Waals surface area contributed by atoms with Gasteiger partial charge in [0.1, 0.15) is 0 Å². The molecule has 2 aliphatic heterocycles. The minimum Gasteiger partial charge on any atom is -0.464 e. The number of hydrogen-bond acceptors (Lipinski definition) is 5. The van der Waals surface area contributed by atoms with E-state index in [4.69, 9.17) is 4.74 Å². The third-order valence-electron chi connectivity index (χ3n) is 6.86. The molecule has 2 bridgehead atoms. The summed E-state index contributed by atoms with van der Waals surface area (Å²) in [6, 6.07) is 6.32. The van der Waals surface area contributed by atoms with Crippen LogP contribution in [0.25, 0.3) is 0 Å². The molecule has 6 nitrogen and oxygen atoms in total. The zero-order valence-corrected chi connectivity index (χ0v) is 14.4. The molecule has 3 amide bonds. The lowest BCUT2D eigenvalue weighted by Crippen LogP contribution is -2.61. The fraction of sp³-hybridized carbons (Fsp3) is 0.474. The standard InChI is InChI=1S/C19H19NO5/c1-17(2)18(3)8-9-19(17,16(24)25-10-18)15(23)20-13(21)11-6-4-5-7-12(11)14(20)22/h4-7H,8-10H2,1-3H3/t18-,19-/m0/s1. The van der Waals surface area contributed by atoms with Gasteiger partial charge < -0.3 is 4.74 Å². The van der Waals surface area contributed by atoms with Crippen LogP contribution in [0.15, 0.2) is 24.3 Å². The second-order valence-corrected chi connectivity index (χ2v) is 7.96. The van der Waals surface area contributed by atoms with Crippen molar-refractivity contribution in [2.45, 2.75) is 33.6 Å². The molecule has 130 valence electrons. The number of benzene rings is 1. The van der Waals surface area contributed by atoms with E-state index < -0.39 is 34.5 Å². The highest BCUT2D eigenvalue weighted by Gasteiger charge is 2.73. The molecule has 3 aliphatic rings. The highest BCUT2D eigenvalue weighted by molar-refractivity contribution is 6.31. The Morgan fingerprint density at radius 1 is 1.00 bits per heavy atom. The van der Waals surface area contributed by atoms with E-state index in [0.717, 1.165) is 0 Å². The molecule has 1 aliphatic carbocycles. The number of hydrogen-bond donors (Lipinski definition) is 0. The molecule has 1 aromatic rings. The number of nitrogens with zero attached hydrogens (tertiary/aromatic N) is 1. The maximum Gasteiger partial charge on any atom is 0.322 e. The predicted octanol–water partition coefficient (Wildman–Crippen LogP) is 2.18. The lowest BCUT2D eigenvalue weighted by molar-refractivity contribution is -0.191. The largest absolute Gasteiger partial charge is 0.464 e. The quantitative estimate of drug-likeness (QED) is 0.444. The molecule has 25 heavy (non-hydrogen) atoms. The normalized spacial score (nSPS) is 32.6. The van der Waals surface area contributed by atoms with Crippen molar-refractivity contribution in [3.8, 4) is 0 Å². The molecule has 0 N–H and O–H groups in total. The summed E-state index contributed by atoms with van der Waals surface area (Å²) in [7, 11) is 0. The number of cyclic esters (lactones) is 1. The molecule has 6 heteroatoms. The Kier molecular flexibility index (Phi) is 2.92. The molecule has 0 unspecified atom stereocenters. The smallest absolute Gasteiger partial charge is 0.322 e. The number of esters is 1. The second-order valence-electron chi connectivity index (χ2n) is 7.96. The Hall–Kier alpha value is -2.50. The van der Waals surface area contributed by atoms with Crippen molar-refractivity contribution in [2.24, 2.45) is 16.2 Å². The van der Waals surface area contributed by atoms with E-state index in [9.17, 15) is 19.2 Å². The first-order valence-electron chi connectivity index (χ1n) is 8.37. The summed E-state index contributed by atoms with van der Waals surface area (Å²) in [6.45, 7) is 5.94. The predicted molar refractivity (Wildman–Crippen MR) is 86.5 cm³/mol. The fourth-order valence-corrected chi connectivity index (χ4v) is 4.59. The molecule has 2 heterocycles. The first kappa shape index (κ1) is 16.0. The van der Waals surface area contributed by atoms with Gasteiger partial charge in [0.25, 0.3) is 17.7 Å². The van der Waals surface area contributed by atoms with E-state index >= 15 is 0 Å². The van der Waals surface area contributed by atoms with Gasteiger partial charge in [-0.15, -0.1) is 0 Å². The van der Waals surface area contributed by atoms with E-state index in [2.05, 4.69) is 0 Å². The van der Waals surface area contributed by atoms with Crippen LogP contribution < -0.4 is 0 Å². The van der Waals surface area contributed by atoms with Crippen LogP contribution in [-0.4, -0.2) is 35.2 Å². The van der Waals surface area contributed by atoms with Gasteiger partial charge in [0, 0.05) is 5.41 Å². The third-order valence-corrected chi connectivity index (χ3v) is 6.86. The van der Waals surface area contributed by atoms with Gasteiger partial charge in [-0.25, -0.2) is 4.90 Å². The van der Waals surface area contributed by atoms with E-state index in [1.807, 2.05) is 20.8 Å². The van der Waals surface area contributed by atoms with Crippen molar-refractivity contribution < 1.29 is 23.9 Å². The van der Waals surface area contributed by atoms with Crippen LogP contribution in [0.2, 0.25) is 0 Å². The number of rotatable bonds is 1. The summed E-state index contributed by atoms with van der Waals surface area (Å²) >= 11 is 0. The first-order chi connectivity index (χ1) is 11.7. The molecule has 1 aromatic carbocycles. The molecule has 1 saturated heterocycles. The minimum absolute atomic E-state index is 0.194. The molecule has 1 saturated carbocycles. The summed E-state index contributed by atoms with van der Waals surface area (Å²) in [5.74, 6) is -2.71. The Balaban J connectivity index is 1.83. The zero-order valence-electron chi connectivity index (χ0n) is 14.4. The number of carbonyl (C=O) groups excluding carboxylic acids is 4. The van der Waals surface area contributed by atoms with Crippen molar-refractivity contribution in [1.29, 1.82) is 0 Å². The van der Waals surface area contributed by atoms with E-state index in [1.54, 1.807) is 12.1 Å². The highest BCUT2D eigenvalue weighted by Crippen LogP contribution is 2.66. The van der Waals surface area contributed by atoms with Crippen molar-refractivity contribution in [1.82, 2.24) is 4.90 Å². The van der Waals surface area contributed by atoms with Gasteiger partial charge in [0.15, 0.2) is 5.41 Å². The number of amides is 3. The SMILES string of the molecule is CC1(C)[C@@]2(C)CC[C@]1(C(=O)N1C(=O)c3ccccc3C1=O)C(=O)OC2. The minimum atomic E-state index is -1.51. The van der Waals surface area contributed by atoms with Gasteiger partial charge >= 0.3 is 5.97 Å². The van der Waals surface area contributed by atoms with Gasteiger partial charge in [0.2, 0.25) is 0 Å². The average molecular weight is 341 g/mol. The molecule has 2 fully saturated rings. The van der Waals surface area contributed by atoms with Crippen molar-refractivity contribution in [3.05, 3.63) is 35.4 Å². The Morgan fingerprint density at radius 2 is 1.56 bits per heavy atom. The Morgan fingerprint density at radius 3 is 2.12 bits per heavy atom. The zero-order chi connectivity index (χ0) is 18.2. The van der Waals surface area contributed by atoms with Crippen LogP contribution in [-0.2, 0) is 14.3 Å². The molecule has 0 aromatic heterocycles. The third kappa shape index (κ3) is 1.60. The molecule has 0 radical (unpaired) electrons. The number of fused-ring (bicyclic) bond motifs is 3. The Bertz CT molecular complexity index is 822. The number of carbonyl (C=O) groups is 4. The Labute approximate surface area is 145 Å². The molecular formula is C19H19NO5. The molecule has 4 rings (SSSR count). The topological polar surface area (TPSA) is 80.8 Å². The van der Waals surface area contributed by atoms with Gasteiger partial charge in [-0.1, -0.05) is 32.9 Å². The monoisotopic (exact) mass is 341 g/mol. The average Bonchev–Trinajstić information content (AvgIpc) is 2.87. The molecule has 2 atom stereocenters. The van der Waals surface area contributed by atoms with Crippen molar-refractivity contribution >= 4 is 23.7 Å². The number of imide groups is 3. The van der Waals surface area contributed by atoms with E-state index in [1.165, 1.54) is 12.1 Å². The van der Waals surface area contributed by atoms with Crippen molar-refractivity contribution in [2.75, 3.05) is 6.61 Å². The van der Waals surface area contributed by atoms with Crippen LogP contribution in [0.1, 0.15) is 54.3 Å².